The van der Waals surface area contributed by atoms with Crippen LogP contribution in [0, 0.1) is 35.5 Å². The predicted molar refractivity (Wildman–Crippen MR) is 190 cm³/mol. The second-order valence-electron chi connectivity index (χ2n) is 16.7. The van der Waals surface area contributed by atoms with Gasteiger partial charge in [0.25, 0.3) is 0 Å². The third-order valence-electron chi connectivity index (χ3n) is 12.2. The van der Waals surface area contributed by atoms with Crippen LogP contribution >= 0.6 is 0 Å². The lowest BCUT2D eigenvalue weighted by Gasteiger charge is -2.38. The van der Waals surface area contributed by atoms with Crippen LogP contribution in [0.25, 0.3) is 0 Å². The quantitative estimate of drug-likeness (QED) is 0.289. The van der Waals surface area contributed by atoms with E-state index < -0.39 is 18.5 Å². The smallest absolute Gasteiger partial charge is 0.107 e. The van der Waals surface area contributed by atoms with Gasteiger partial charge in [0.1, 0.15) is 18.5 Å². The van der Waals surface area contributed by atoms with E-state index >= 15 is 0 Å². The Labute approximate surface area is 292 Å². The third-order valence-corrected chi connectivity index (χ3v) is 12.2. The summed E-state index contributed by atoms with van der Waals surface area (Å²) in [7, 11) is 0. The molecular formula is C39H72F3N3O3. The standard InChI is InChI=1S/3C13H24FNO/c3*1-10-4-3-6-15(8-10)9-13-11(2)12(14)5-7-16-13/h3*10-13H,3-9H2,1-2H3/t10-,11+,12+,13-;10-,11-,12+,13+;10-,11-,12+,13-/m111/s1. The maximum atomic E-state index is 13.6. The molecule has 0 aromatic heterocycles. The minimum absolute atomic E-state index is 0.0611. The lowest BCUT2D eigenvalue weighted by molar-refractivity contribution is -0.0757. The molecule has 0 amide bonds. The fourth-order valence-corrected chi connectivity index (χ4v) is 8.72. The Morgan fingerprint density at radius 2 is 0.708 bits per heavy atom. The molecule has 6 fully saturated rings. The van der Waals surface area contributed by atoms with Crippen molar-refractivity contribution in [3.05, 3.63) is 0 Å². The Hall–Kier alpha value is -0.450. The van der Waals surface area contributed by atoms with Crippen molar-refractivity contribution in [2.24, 2.45) is 35.5 Å². The highest BCUT2D eigenvalue weighted by atomic mass is 19.1. The Morgan fingerprint density at radius 1 is 0.438 bits per heavy atom. The van der Waals surface area contributed by atoms with E-state index in [-0.39, 0.29) is 36.1 Å². The molecule has 48 heavy (non-hydrogen) atoms. The molecule has 0 radical (unpaired) electrons. The van der Waals surface area contributed by atoms with E-state index in [1.807, 2.05) is 20.8 Å². The van der Waals surface area contributed by atoms with Crippen LogP contribution in [0.2, 0.25) is 0 Å². The Balaban J connectivity index is 0.000000163. The Bertz CT molecular complexity index is 781. The molecule has 0 aromatic carbocycles. The fourth-order valence-electron chi connectivity index (χ4n) is 8.72. The van der Waals surface area contributed by atoms with Crippen molar-refractivity contribution >= 4 is 0 Å². The monoisotopic (exact) mass is 688 g/mol. The molecule has 0 N–H and O–H groups in total. The van der Waals surface area contributed by atoms with Gasteiger partial charge in [0.15, 0.2) is 0 Å². The topological polar surface area (TPSA) is 37.4 Å². The molecule has 0 bridgehead atoms. The van der Waals surface area contributed by atoms with Crippen molar-refractivity contribution in [3.63, 3.8) is 0 Å². The van der Waals surface area contributed by atoms with Crippen LogP contribution in [0.4, 0.5) is 13.2 Å². The van der Waals surface area contributed by atoms with Gasteiger partial charge in [-0.05, 0) is 75.9 Å². The van der Waals surface area contributed by atoms with Gasteiger partial charge in [-0.1, -0.05) is 41.5 Å². The van der Waals surface area contributed by atoms with Gasteiger partial charge in [-0.3, -0.25) is 0 Å². The number of hydrogen-bond donors (Lipinski definition) is 0. The van der Waals surface area contributed by atoms with Crippen LogP contribution in [0.1, 0.15) is 99.3 Å². The molecule has 6 rings (SSSR count). The third kappa shape index (κ3) is 13.0. The van der Waals surface area contributed by atoms with E-state index in [9.17, 15) is 13.2 Å². The maximum absolute atomic E-state index is 13.6. The van der Waals surface area contributed by atoms with Gasteiger partial charge >= 0.3 is 0 Å². The molecule has 6 heterocycles. The summed E-state index contributed by atoms with van der Waals surface area (Å²) >= 11 is 0. The summed E-state index contributed by atoms with van der Waals surface area (Å²) in [4.78, 5) is 7.36. The van der Waals surface area contributed by atoms with Crippen molar-refractivity contribution in [3.8, 4) is 0 Å². The number of piperidine rings is 3. The number of rotatable bonds is 6. The van der Waals surface area contributed by atoms with Crippen LogP contribution in [0.5, 0.6) is 0 Å². The number of alkyl halides is 3. The first-order valence-corrected chi connectivity index (χ1v) is 19.9. The van der Waals surface area contributed by atoms with E-state index in [4.69, 9.17) is 14.2 Å². The number of halogens is 3. The van der Waals surface area contributed by atoms with Crippen LogP contribution < -0.4 is 0 Å². The minimum atomic E-state index is -0.666. The van der Waals surface area contributed by atoms with Crippen molar-refractivity contribution in [2.75, 3.05) is 78.7 Å². The zero-order valence-corrected chi connectivity index (χ0v) is 31.5. The summed E-state index contributed by atoms with van der Waals surface area (Å²) in [6, 6.07) is 0. The van der Waals surface area contributed by atoms with Crippen molar-refractivity contribution in [1.29, 1.82) is 0 Å². The lowest BCUT2D eigenvalue weighted by Crippen LogP contribution is -2.46. The highest BCUT2D eigenvalue weighted by Crippen LogP contribution is 2.28. The Kier molecular flexibility index (Phi) is 17.3. The van der Waals surface area contributed by atoms with Crippen LogP contribution in [0.3, 0.4) is 0 Å². The number of hydrogen-bond acceptors (Lipinski definition) is 6. The van der Waals surface area contributed by atoms with Crippen molar-refractivity contribution in [1.82, 2.24) is 14.7 Å². The second-order valence-corrected chi connectivity index (χ2v) is 16.7. The molecule has 6 saturated heterocycles. The predicted octanol–water partition coefficient (Wildman–Crippen LogP) is 7.44. The zero-order chi connectivity index (χ0) is 34.6. The van der Waals surface area contributed by atoms with Gasteiger partial charge in [0.2, 0.25) is 0 Å². The molecule has 0 spiro atoms. The number of ether oxygens (including phenoxy) is 3. The highest BCUT2D eigenvalue weighted by Gasteiger charge is 2.35. The maximum Gasteiger partial charge on any atom is 0.107 e. The van der Waals surface area contributed by atoms with Crippen LogP contribution in [0.15, 0.2) is 0 Å². The largest absolute Gasteiger partial charge is 0.376 e. The molecule has 6 aliphatic heterocycles. The van der Waals surface area contributed by atoms with Gasteiger partial charge in [-0.25, -0.2) is 13.2 Å². The zero-order valence-electron chi connectivity index (χ0n) is 31.5. The van der Waals surface area contributed by atoms with Gasteiger partial charge in [0, 0.05) is 96.1 Å². The van der Waals surface area contributed by atoms with Crippen molar-refractivity contribution < 1.29 is 27.4 Å². The lowest BCUT2D eigenvalue weighted by atomic mass is 9.93. The molecule has 0 unspecified atom stereocenters. The number of nitrogens with zero attached hydrogens (tertiary/aromatic N) is 3. The van der Waals surface area contributed by atoms with Crippen molar-refractivity contribution in [2.45, 2.75) is 136 Å². The SMILES string of the molecule is C[C@@H]1CCCN(C[C@@H]2OCC[C@H](F)[C@H]2C)C1.C[C@@H]1CCCN(C[C@H]2OCC[C@H](F)[C@@H]2C)C1.C[C@@H]1CCCN(C[C@H]2OCC[C@H](F)[C@H]2C)C1. The fraction of sp³-hybridized carbons (Fsp3) is 1.00. The minimum Gasteiger partial charge on any atom is -0.376 e. The molecular weight excluding hydrogens is 615 g/mol. The highest BCUT2D eigenvalue weighted by molar-refractivity contribution is 4.85. The molecule has 0 aromatic rings. The van der Waals surface area contributed by atoms with Gasteiger partial charge in [-0.2, -0.15) is 0 Å². The van der Waals surface area contributed by atoms with Crippen LogP contribution in [-0.4, -0.2) is 130 Å². The summed E-state index contributed by atoms with van der Waals surface area (Å²) in [6.07, 6.45) is 7.90. The first-order chi connectivity index (χ1) is 23.0. The average Bonchev–Trinajstić information content (AvgIpc) is 3.05. The molecule has 0 aliphatic carbocycles. The van der Waals surface area contributed by atoms with E-state index in [1.165, 1.54) is 38.5 Å². The molecule has 6 aliphatic rings. The second kappa shape index (κ2) is 20.6. The first-order valence-electron chi connectivity index (χ1n) is 19.9. The molecule has 282 valence electrons. The average molecular weight is 688 g/mol. The molecule has 9 heteroatoms. The summed E-state index contributed by atoms with van der Waals surface area (Å²) in [5.41, 5.74) is 0. The summed E-state index contributed by atoms with van der Waals surface area (Å²) in [5, 5.41) is 0. The van der Waals surface area contributed by atoms with E-state index in [1.54, 1.807) is 0 Å². The Morgan fingerprint density at radius 3 is 0.958 bits per heavy atom. The summed E-state index contributed by atoms with van der Waals surface area (Å²) in [5.74, 6) is 2.54. The molecule has 0 saturated carbocycles. The van der Waals surface area contributed by atoms with E-state index in [0.29, 0.717) is 39.1 Å². The van der Waals surface area contributed by atoms with E-state index in [0.717, 1.165) is 76.7 Å². The van der Waals surface area contributed by atoms with E-state index in [2.05, 4.69) is 35.5 Å². The molecule has 6 nitrogen and oxygen atoms in total. The molecule has 12 atom stereocenters. The van der Waals surface area contributed by atoms with Gasteiger partial charge in [0.05, 0.1) is 18.3 Å². The summed E-state index contributed by atoms with van der Waals surface area (Å²) < 4.78 is 57.8. The summed E-state index contributed by atoms with van der Waals surface area (Å²) in [6.45, 7) is 24.4. The van der Waals surface area contributed by atoms with Crippen LogP contribution in [-0.2, 0) is 14.2 Å². The number of likely N-dealkylation sites (tertiary alicyclic amines) is 3. The normalized spacial score (nSPS) is 42.2. The van der Waals surface area contributed by atoms with Gasteiger partial charge < -0.3 is 28.9 Å². The first kappa shape index (κ1) is 40.3. The van der Waals surface area contributed by atoms with Gasteiger partial charge in [-0.15, -0.1) is 0 Å².